The van der Waals surface area contributed by atoms with Crippen molar-refractivity contribution in [2.45, 2.75) is 12.3 Å². The van der Waals surface area contributed by atoms with Crippen LogP contribution < -0.4 is 5.32 Å². The number of alkyl halides is 3. The van der Waals surface area contributed by atoms with Crippen molar-refractivity contribution in [2.75, 3.05) is 11.9 Å². The van der Waals surface area contributed by atoms with Gasteiger partial charge in [0.1, 0.15) is 5.69 Å². The summed E-state index contributed by atoms with van der Waals surface area (Å²) in [6.45, 7) is -0.875. The number of anilines is 1. The first-order valence-electron chi connectivity index (χ1n) is 5.30. The van der Waals surface area contributed by atoms with Crippen LogP contribution in [0.2, 0.25) is 0 Å². The Labute approximate surface area is 114 Å². The molecular weight excluding hydrogens is 299 g/mol. The topological polar surface area (TPSA) is 88.3 Å². The van der Waals surface area contributed by atoms with Crippen molar-refractivity contribution in [3.63, 3.8) is 0 Å². The Morgan fingerprint density at radius 1 is 1.50 bits per heavy atom. The molecule has 0 saturated carbocycles. The van der Waals surface area contributed by atoms with Gasteiger partial charge >= 0.3 is 11.9 Å². The molecule has 1 unspecified atom stereocenters. The molecule has 0 radical (unpaired) electrons. The van der Waals surface area contributed by atoms with Gasteiger partial charge < -0.3 is 10.4 Å². The Hall–Kier alpha value is -1.94. The maximum Gasteiger partial charge on any atom is 0.416 e. The van der Waals surface area contributed by atoms with Gasteiger partial charge in [0.25, 0.3) is 0 Å². The molecule has 0 saturated heterocycles. The molecule has 10 heteroatoms. The van der Waals surface area contributed by atoms with Gasteiger partial charge in [-0.3, -0.25) is 10.1 Å². The number of nitro benzene ring substituents is 1. The Bertz CT molecular complexity index is 643. The van der Waals surface area contributed by atoms with Crippen molar-refractivity contribution in [1.29, 1.82) is 0 Å². The number of rotatable bonds is 4. The second-order valence-electron chi connectivity index (χ2n) is 3.86. The number of hydrogen-bond donors (Lipinski definition) is 2. The average molecular weight is 307 g/mol. The van der Waals surface area contributed by atoms with E-state index < -0.39 is 29.4 Å². The number of nitro groups is 1. The summed E-state index contributed by atoms with van der Waals surface area (Å²) >= 11 is 1.18. The number of benzene rings is 1. The molecule has 0 fully saturated rings. The van der Waals surface area contributed by atoms with Crippen LogP contribution in [0.3, 0.4) is 0 Å². The van der Waals surface area contributed by atoms with Gasteiger partial charge in [-0.2, -0.15) is 13.2 Å². The molecule has 108 valence electrons. The Kier molecular flexibility index (Phi) is 3.77. The van der Waals surface area contributed by atoms with Gasteiger partial charge in [0.15, 0.2) is 11.6 Å². The van der Waals surface area contributed by atoms with E-state index in [2.05, 4.69) is 10.3 Å². The molecule has 2 N–H and O–H groups in total. The minimum Gasteiger partial charge on any atom is -0.382 e. The van der Waals surface area contributed by atoms with Crippen LogP contribution in [-0.4, -0.2) is 33.8 Å². The number of fused-ring (bicyclic) bond motifs is 1. The fraction of sp³-hybridized carbons (Fsp3) is 0.300. The summed E-state index contributed by atoms with van der Waals surface area (Å²) in [5.74, 6) is 0. The van der Waals surface area contributed by atoms with E-state index in [1.54, 1.807) is 0 Å². The number of nitrogens with one attached hydrogen (secondary N) is 1. The highest BCUT2D eigenvalue weighted by Crippen LogP contribution is 2.34. The molecule has 1 atom stereocenters. The van der Waals surface area contributed by atoms with Crippen molar-refractivity contribution < 1.29 is 23.2 Å². The Morgan fingerprint density at radius 2 is 2.20 bits per heavy atom. The Balaban J connectivity index is 2.30. The number of hydrogen-bond acceptors (Lipinski definition) is 6. The lowest BCUT2D eigenvalue weighted by Gasteiger charge is -2.15. The fourth-order valence-corrected chi connectivity index (χ4v) is 2.25. The first kappa shape index (κ1) is 14.5. The molecule has 0 aliphatic rings. The van der Waals surface area contributed by atoms with Crippen LogP contribution in [0.1, 0.15) is 0 Å². The number of thiazole rings is 1. The number of nitrogens with zero attached hydrogens (tertiary/aromatic N) is 2. The van der Waals surface area contributed by atoms with Gasteiger partial charge in [0, 0.05) is 6.54 Å². The van der Waals surface area contributed by atoms with Crippen LogP contribution in [0.5, 0.6) is 0 Å². The van der Waals surface area contributed by atoms with E-state index in [1.807, 2.05) is 0 Å². The van der Waals surface area contributed by atoms with Crippen molar-refractivity contribution in [3.8, 4) is 0 Å². The zero-order valence-electron chi connectivity index (χ0n) is 9.72. The first-order chi connectivity index (χ1) is 9.30. The summed E-state index contributed by atoms with van der Waals surface area (Å²) in [7, 11) is 0. The number of halogens is 3. The average Bonchev–Trinajstić information content (AvgIpc) is 2.81. The van der Waals surface area contributed by atoms with Crippen LogP contribution >= 0.6 is 11.3 Å². The number of aliphatic hydroxyl groups excluding tert-OH is 1. The highest BCUT2D eigenvalue weighted by Gasteiger charge is 2.38. The molecule has 1 heterocycles. The van der Waals surface area contributed by atoms with Gasteiger partial charge in [0.05, 0.1) is 15.1 Å². The molecule has 1 aromatic heterocycles. The highest BCUT2D eigenvalue weighted by molar-refractivity contribution is 7.16. The standard InChI is InChI=1S/C10H8F3N3O3S/c11-10(12,13)7(17)3-14-5-1-2-6-8(15-4-20-6)9(5)16(18)19/h1-2,4,7,14,17H,3H2. The van der Waals surface area contributed by atoms with Crippen LogP contribution in [-0.2, 0) is 0 Å². The van der Waals surface area contributed by atoms with Gasteiger partial charge in [0.2, 0.25) is 0 Å². The van der Waals surface area contributed by atoms with Crippen LogP contribution in [0.25, 0.3) is 10.2 Å². The minimum atomic E-state index is -4.79. The highest BCUT2D eigenvalue weighted by atomic mass is 32.1. The van der Waals surface area contributed by atoms with Gasteiger partial charge in [-0.05, 0) is 12.1 Å². The molecule has 2 aromatic rings. The lowest BCUT2D eigenvalue weighted by atomic mass is 10.2. The zero-order valence-corrected chi connectivity index (χ0v) is 10.5. The lowest BCUT2D eigenvalue weighted by molar-refractivity contribution is -0.382. The first-order valence-corrected chi connectivity index (χ1v) is 6.18. The molecule has 0 aliphatic heterocycles. The monoisotopic (exact) mass is 307 g/mol. The third-order valence-corrected chi connectivity index (χ3v) is 3.32. The third-order valence-electron chi connectivity index (χ3n) is 2.52. The van der Waals surface area contributed by atoms with Crippen molar-refractivity contribution in [2.24, 2.45) is 0 Å². The van der Waals surface area contributed by atoms with Crippen molar-refractivity contribution in [3.05, 3.63) is 27.8 Å². The summed E-state index contributed by atoms with van der Waals surface area (Å²) in [4.78, 5) is 14.1. The van der Waals surface area contributed by atoms with E-state index in [-0.39, 0.29) is 11.2 Å². The van der Waals surface area contributed by atoms with E-state index in [4.69, 9.17) is 5.11 Å². The molecule has 0 spiro atoms. The lowest BCUT2D eigenvalue weighted by Crippen LogP contribution is -2.35. The quantitative estimate of drug-likeness (QED) is 0.669. The van der Waals surface area contributed by atoms with Crippen LogP contribution in [0.15, 0.2) is 17.6 Å². The number of aliphatic hydroxyl groups is 1. The summed E-state index contributed by atoms with van der Waals surface area (Å²) in [5.41, 5.74) is 0.993. The molecule has 2 rings (SSSR count). The van der Waals surface area contributed by atoms with Crippen LogP contribution in [0, 0.1) is 10.1 Å². The maximum absolute atomic E-state index is 12.2. The van der Waals surface area contributed by atoms with E-state index in [9.17, 15) is 23.3 Å². The number of aromatic nitrogens is 1. The molecule has 1 aromatic carbocycles. The molecule has 0 amide bonds. The van der Waals surface area contributed by atoms with Crippen molar-refractivity contribution >= 4 is 32.9 Å². The predicted octanol–water partition coefficient (Wildman–Crippen LogP) is 2.54. The second-order valence-corrected chi connectivity index (χ2v) is 4.74. The largest absolute Gasteiger partial charge is 0.416 e. The summed E-state index contributed by atoms with van der Waals surface area (Å²) in [6, 6.07) is 2.81. The molecule has 0 aliphatic carbocycles. The van der Waals surface area contributed by atoms with Crippen molar-refractivity contribution in [1.82, 2.24) is 4.98 Å². The molecule has 6 nitrogen and oxygen atoms in total. The van der Waals surface area contributed by atoms with Gasteiger partial charge in [-0.1, -0.05) is 0 Å². The fourth-order valence-electron chi connectivity index (χ4n) is 1.57. The normalized spacial score (nSPS) is 13.4. The zero-order chi connectivity index (χ0) is 14.9. The van der Waals surface area contributed by atoms with Gasteiger partial charge in [-0.25, -0.2) is 4.98 Å². The maximum atomic E-state index is 12.2. The Morgan fingerprint density at radius 3 is 2.80 bits per heavy atom. The SMILES string of the molecule is O=[N+]([O-])c1c(NCC(O)C(F)(F)F)ccc2scnc12. The second kappa shape index (κ2) is 5.21. The molecular formula is C10H8F3N3O3S. The van der Waals surface area contributed by atoms with Gasteiger partial charge in [-0.15, -0.1) is 11.3 Å². The smallest absolute Gasteiger partial charge is 0.382 e. The summed E-state index contributed by atoms with van der Waals surface area (Å²) in [5, 5.41) is 22.1. The van der Waals surface area contributed by atoms with E-state index >= 15 is 0 Å². The third kappa shape index (κ3) is 2.80. The van der Waals surface area contributed by atoms with E-state index in [1.165, 1.54) is 29.0 Å². The van der Waals surface area contributed by atoms with E-state index in [0.29, 0.717) is 4.70 Å². The summed E-state index contributed by atoms with van der Waals surface area (Å²) in [6.07, 6.45) is -7.39. The molecule has 20 heavy (non-hydrogen) atoms. The minimum absolute atomic E-state index is 0.103. The van der Waals surface area contributed by atoms with Crippen LogP contribution in [0.4, 0.5) is 24.5 Å². The molecule has 0 bridgehead atoms. The predicted molar refractivity (Wildman–Crippen MR) is 66.8 cm³/mol. The van der Waals surface area contributed by atoms with E-state index in [0.717, 1.165) is 0 Å². The summed E-state index contributed by atoms with van der Waals surface area (Å²) < 4.78 is 37.1.